The van der Waals surface area contributed by atoms with Gasteiger partial charge in [-0.3, -0.25) is 9.48 Å². The summed E-state index contributed by atoms with van der Waals surface area (Å²) in [5, 5.41) is 7.89. The Bertz CT molecular complexity index is 896. The summed E-state index contributed by atoms with van der Waals surface area (Å²) in [6.07, 6.45) is 0.802. The van der Waals surface area contributed by atoms with Crippen molar-refractivity contribution in [3.8, 4) is 0 Å². The van der Waals surface area contributed by atoms with E-state index in [0.29, 0.717) is 35.4 Å². The topological polar surface area (TPSA) is 46.9 Å². The molecule has 5 heteroatoms. The number of rotatable bonds is 8. The standard InChI is InChI=1S/C24H28ClN3O/c1-17(2)16-28-23(25)22(18(3)27-28)24(29)26-15-14-21(19-10-6-4-7-11-19)20-12-8-5-9-13-20/h4-13,17,21H,14-16H2,1-3H3,(H,26,29). The SMILES string of the molecule is Cc1nn(CC(C)C)c(Cl)c1C(=O)NCCC(c1ccccc1)c1ccccc1. The van der Waals surface area contributed by atoms with E-state index in [0.717, 1.165) is 6.42 Å². The van der Waals surface area contributed by atoms with Gasteiger partial charge in [-0.25, -0.2) is 0 Å². The molecule has 1 heterocycles. The molecule has 0 fully saturated rings. The zero-order valence-electron chi connectivity index (χ0n) is 17.2. The number of halogens is 1. The molecule has 0 saturated carbocycles. The molecule has 3 rings (SSSR count). The van der Waals surface area contributed by atoms with Crippen LogP contribution in [0.4, 0.5) is 0 Å². The second-order valence-corrected chi connectivity index (χ2v) is 8.10. The van der Waals surface area contributed by atoms with E-state index in [2.05, 4.69) is 72.8 Å². The molecular formula is C24H28ClN3O. The molecule has 0 bridgehead atoms. The van der Waals surface area contributed by atoms with E-state index in [4.69, 9.17) is 11.6 Å². The largest absolute Gasteiger partial charge is 0.352 e. The molecule has 0 radical (unpaired) electrons. The summed E-state index contributed by atoms with van der Waals surface area (Å²) >= 11 is 6.44. The van der Waals surface area contributed by atoms with E-state index in [9.17, 15) is 4.79 Å². The van der Waals surface area contributed by atoms with Crippen molar-refractivity contribution in [3.63, 3.8) is 0 Å². The van der Waals surface area contributed by atoms with Crippen LogP contribution in [0.1, 0.15) is 53.4 Å². The summed E-state index contributed by atoms with van der Waals surface area (Å²) in [7, 11) is 0. The average Bonchev–Trinajstić information content (AvgIpc) is 2.99. The van der Waals surface area contributed by atoms with Gasteiger partial charge in [0.05, 0.1) is 11.3 Å². The number of aromatic nitrogens is 2. The number of carbonyl (C=O) groups excluding carboxylic acids is 1. The Kier molecular flexibility index (Phi) is 7.10. The first-order valence-electron chi connectivity index (χ1n) is 10.1. The zero-order chi connectivity index (χ0) is 20.8. The van der Waals surface area contributed by atoms with Crippen molar-refractivity contribution in [1.29, 1.82) is 0 Å². The van der Waals surface area contributed by atoms with Crippen molar-refractivity contribution >= 4 is 17.5 Å². The highest BCUT2D eigenvalue weighted by Crippen LogP contribution is 2.27. The lowest BCUT2D eigenvalue weighted by atomic mass is 9.88. The van der Waals surface area contributed by atoms with Gasteiger partial charge in [0, 0.05) is 19.0 Å². The molecule has 0 aliphatic rings. The van der Waals surface area contributed by atoms with Crippen LogP contribution in [-0.2, 0) is 6.54 Å². The minimum Gasteiger partial charge on any atom is -0.352 e. The molecule has 3 aromatic rings. The van der Waals surface area contributed by atoms with Crippen molar-refractivity contribution in [2.45, 2.75) is 39.7 Å². The van der Waals surface area contributed by atoms with E-state index in [1.54, 1.807) is 4.68 Å². The van der Waals surface area contributed by atoms with Crippen LogP contribution in [0.2, 0.25) is 5.15 Å². The summed E-state index contributed by atoms with van der Waals surface area (Å²) in [4.78, 5) is 12.8. The summed E-state index contributed by atoms with van der Waals surface area (Å²) in [5.41, 5.74) is 3.62. The maximum absolute atomic E-state index is 12.8. The lowest BCUT2D eigenvalue weighted by molar-refractivity contribution is 0.0952. The predicted octanol–water partition coefficient (Wildman–Crippen LogP) is 5.45. The van der Waals surface area contributed by atoms with Gasteiger partial charge in [0.25, 0.3) is 5.91 Å². The maximum Gasteiger partial charge on any atom is 0.256 e. The predicted molar refractivity (Wildman–Crippen MR) is 118 cm³/mol. The van der Waals surface area contributed by atoms with E-state index in [1.165, 1.54) is 11.1 Å². The molecular weight excluding hydrogens is 382 g/mol. The fourth-order valence-electron chi connectivity index (χ4n) is 3.59. The fourth-order valence-corrected chi connectivity index (χ4v) is 3.92. The summed E-state index contributed by atoms with van der Waals surface area (Å²) in [5.74, 6) is 0.459. The van der Waals surface area contributed by atoms with Crippen molar-refractivity contribution in [1.82, 2.24) is 15.1 Å². The number of benzene rings is 2. The van der Waals surface area contributed by atoms with E-state index in [1.807, 2.05) is 19.1 Å². The van der Waals surface area contributed by atoms with Gasteiger partial charge >= 0.3 is 0 Å². The maximum atomic E-state index is 12.8. The summed E-state index contributed by atoms with van der Waals surface area (Å²) in [6.45, 7) is 7.27. The molecule has 29 heavy (non-hydrogen) atoms. The van der Waals surface area contributed by atoms with Crippen LogP contribution >= 0.6 is 11.6 Å². The van der Waals surface area contributed by atoms with Gasteiger partial charge in [0.15, 0.2) is 0 Å². The van der Waals surface area contributed by atoms with Crippen molar-refractivity contribution in [2.24, 2.45) is 5.92 Å². The Balaban J connectivity index is 1.70. The Labute approximate surface area is 177 Å². The van der Waals surface area contributed by atoms with Crippen LogP contribution in [-0.4, -0.2) is 22.2 Å². The third kappa shape index (κ3) is 5.27. The lowest BCUT2D eigenvalue weighted by Gasteiger charge is -2.18. The van der Waals surface area contributed by atoms with Gasteiger partial charge in [-0.15, -0.1) is 0 Å². The molecule has 2 aromatic carbocycles. The van der Waals surface area contributed by atoms with Gasteiger partial charge in [-0.05, 0) is 30.4 Å². The Hall–Kier alpha value is -2.59. The lowest BCUT2D eigenvalue weighted by Crippen LogP contribution is -2.26. The Morgan fingerprint density at radius 2 is 1.59 bits per heavy atom. The smallest absolute Gasteiger partial charge is 0.256 e. The average molecular weight is 410 g/mol. The van der Waals surface area contributed by atoms with Crippen molar-refractivity contribution in [3.05, 3.63) is 88.2 Å². The molecule has 0 atom stereocenters. The number of nitrogens with zero attached hydrogens (tertiary/aromatic N) is 2. The number of aryl methyl sites for hydroxylation is 1. The van der Waals surface area contributed by atoms with Gasteiger partial charge in [0.2, 0.25) is 0 Å². The molecule has 1 aromatic heterocycles. The first kappa shape index (κ1) is 21.1. The van der Waals surface area contributed by atoms with Crippen LogP contribution in [0.3, 0.4) is 0 Å². The molecule has 4 nitrogen and oxygen atoms in total. The molecule has 0 saturated heterocycles. The highest BCUT2D eigenvalue weighted by molar-refractivity contribution is 6.33. The second-order valence-electron chi connectivity index (χ2n) is 7.75. The summed E-state index contributed by atoms with van der Waals surface area (Å²) < 4.78 is 1.72. The zero-order valence-corrected chi connectivity index (χ0v) is 18.0. The van der Waals surface area contributed by atoms with Gasteiger partial charge in [-0.1, -0.05) is 86.1 Å². The molecule has 1 amide bonds. The van der Waals surface area contributed by atoms with Crippen molar-refractivity contribution in [2.75, 3.05) is 6.54 Å². The molecule has 0 spiro atoms. The Morgan fingerprint density at radius 1 is 1.03 bits per heavy atom. The minimum atomic E-state index is -0.164. The fraction of sp³-hybridized carbons (Fsp3) is 0.333. The Morgan fingerprint density at radius 3 is 2.10 bits per heavy atom. The van der Waals surface area contributed by atoms with E-state index >= 15 is 0 Å². The molecule has 0 aliphatic carbocycles. The number of carbonyl (C=O) groups is 1. The van der Waals surface area contributed by atoms with Crippen LogP contribution in [0.15, 0.2) is 60.7 Å². The van der Waals surface area contributed by atoms with E-state index in [-0.39, 0.29) is 11.8 Å². The van der Waals surface area contributed by atoms with Crippen LogP contribution in [0, 0.1) is 12.8 Å². The quantitative estimate of drug-likeness (QED) is 0.537. The number of hydrogen-bond acceptors (Lipinski definition) is 2. The summed E-state index contributed by atoms with van der Waals surface area (Å²) in [6, 6.07) is 20.8. The first-order chi connectivity index (χ1) is 14.0. The second kappa shape index (κ2) is 9.75. The van der Waals surface area contributed by atoms with Crippen LogP contribution < -0.4 is 5.32 Å². The van der Waals surface area contributed by atoms with Crippen molar-refractivity contribution < 1.29 is 4.79 Å². The van der Waals surface area contributed by atoms with Gasteiger partial charge < -0.3 is 5.32 Å². The number of amides is 1. The molecule has 152 valence electrons. The minimum absolute atomic E-state index is 0.164. The van der Waals surface area contributed by atoms with Crippen LogP contribution in [0.5, 0.6) is 0 Å². The normalized spacial score (nSPS) is 11.2. The van der Waals surface area contributed by atoms with Gasteiger partial charge in [-0.2, -0.15) is 5.10 Å². The molecule has 0 aliphatic heterocycles. The van der Waals surface area contributed by atoms with Gasteiger partial charge in [0.1, 0.15) is 5.15 Å². The first-order valence-corrected chi connectivity index (χ1v) is 10.5. The van der Waals surface area contributed by atoms with Crippen LogP contribution in [0.25, 0.3) is 0 Å². The monoisotopic (exact) mass is 409 g/mol. The number of nitrogens with one attached hydrogen (secondary N) is 1. The highest BCUT2D eigenvalue weighted by atomic mass is 35.5. The highest BCUT2D eigenvalue weighted by Gasteiger charge is 2.21. The third-order valence-electron chi connectivity index (χ3n) is 4.95. The third-order valence-corrected chi connectivity index (χ3v) is 5.34. The van der Waals surface area contributed by atoms with E-state index < -0.39 is 0 Å². The number of hydrogen-bond donors (Lipinski definition) is 1. The molecule has 1 N–H and O–H groups in total. The molecule has 0 unspecified atom stereocenters.